The molecule has 0 spiro atoms. The second kappa shape index (κ2) is 9.17. The van der Waals surface area contributed by atoms with Crippen molar-refractivity contribution in [2.24, 2.45) is 0 Å². The first-order valence-electron chi connectivity index (χ1n) is 11.4. The van der Waals surface area contributed by atoms with Crippen molar-refractivity contribution in [3.8, 4) is 22.3 Å². The average Bonchev–Trinajstić information content (AvgIpc) is 3.27. The van der Waals surface area contributed by atoms with Crippen molar-refractivity contribution in [1.82, 2.24) is 19.5 Å². The zero-order chi connectivity index (χ0) is 22.8. The number of fused-ring (bicyclic) bond motifs is 1. The Balaban J connectivity index is 1.35. The number of hydrogen-bond donors (Lipinski definition) is 1. The molecule has 7 heteroatoms. The van der Waals surface area contributed by atoms with Crippen LogP contribution < -0.4 is 0 Å². The zero-order valence-corrected chi connectivity index (χ0v) is 19.7. The molecule has 0 radical (unpaired) electrons. The highest BCUT2D eigenvalue weighted by Crippen LogP contribution is 2.28. The van der Waals surface area contributed by atoms with E-state index < -0.39 is 10.2 Å². The van der Waals surface area contributed by atoms with Gasteiger partial charge < -0.3 is 4.90 Å². The van der Waals surface area contributed by atoms with Crippen LogP contribution in [0.15, 0.2) is 72.0 Å². The Morgan fingerprint density at radius 2 is 1.76 bits per heavy atom. The standard InChI is InChI=1S/C26H28N4O2S/c1-33(31,32)24-7-5-6-22(16-24)25-18-28-30-19-23(17-27-26(25)30)21-10-8-20(9-11-21)12-15-29-13-3-2-4-14-29/h5-11,16-19H,2-4,12-15H2,1H3/p+1. The molecule has 2 aromatic carbocycles. The minimum Gasteiger partial charge on any atom is -0.303 e. The molecule has 170 valence electrons. The summed E-state index contributed by atoms with van der Waals surface area (Å²) < 4.78 is 23.7. The van der Waals surface area contributed by atoms with Gasteiger partial charge in [-0.1, -0.05) is 47.0 Å². The molecule has 1 N–H and O–H groups in total. The van der Waals surface area contributed by atoms with Crippen molar-refractivity contribution in [1.29, 1.82) is 0 Å². The molecular formula is C26H29N4O2S+. The van der Waals surface area contributed by atoms with Gasteiger partial charge in [-0.2, -0.15) is 9.65 Å². The van der Waals surface area contributed by atoms with Crippen molar-refractivity contribution < 1.29 is 8.76 Å². The molecule has 1 aliphatic heterocycles. The summed E-state index contributed by atoms with van der Waals surface area (Å²) in [6, 6.07) is 15.8. The molecule has 33 heavy (non-hydrogen) atoms. The van der Waals surface area contributed by atoms with E-state index in [-0.39, 0.29) is 0 Å². The highest BCUT2D eigenvalue weighted by molar-refractivity contribution is 7.97. The molecule has 1 unspecified atom stereocenters. The van der Waals surface area contributed by atoms with Crippen molar-refractivity contribution in [2.75, 3.05) is 25.9 Å². The molecule has 0 aliphatic carbocycles. The van der Waals surface area contributed by atoms with Crippen LogP contribution in [0, 0.1) is 0 Å². The molecule has 1 atom stereocenters. The van der Waals surface area contributed by atoms with E-state index in [1.165, 1.54) is 44.2 Å². The van der Waals surface area contributed by atoms with Crippen LogP contribution in [0.1, 0.15) is 24.8 Å². The summed E-state index contributed by atoms with van der Waals surface area (Å²) >= 11 is 0. The lowest BCUT2D eigenvalue weighted by Gasteiger charge is -2.26. The quantitative estimate of drug-likeness (QED) is 0.407. The second-order valence-corrected chi connectivity index (χ2v) is 10.9. The molecule has 2 aromatic heterocycles. The summed E-state index contributed by atoms with van der Waals surface area (Å²) in [6.45, 7) is 3.60. The largest absolute Gasteiger partial charge is 0.303 e. The fourth-order valence-electron chi connectivity index (χ4n) is 4.46. The van der Waals surface area contributed by atoms with Crippen LogP contribution in [-0.4, -0.2) is 49.9 Å². The van der Waals surface area contributed by atoms with Crippen molar-refractivity contribution >= 4 is 15.9 Å². The minimum absolute atomic E-state index is 0.399. The van der Waals surface area contributed by atoms with Crippen LogP contribution in [0.3, 0.4) is 0 Å². The van der Waals surface area contributed by atoms with Gasteiger partial charge in [-0.3, -0.25) is 0 Å². The Morgan fingerprint density at radius 3 is 2.52 bits per heavy atom. The third kappa shape index (κ3) is 4.90. The van der Waals surface area contributed by atoms with E-state index in [0.29, 0.717) is 4.90 Å². The maximum atomic E-state index is 12.0. The van der Waals surface area contributed by atoms with E-state index in [2.05, 4.69) is 39.2 Å². The van der Waals surface area contributed by atoms with E-state index >= 15 is 0 Å². The first-order valence-corrected chi connectivity index (χ1v) is 13.4. The highest BCUT2D eigenvalue weighted by atomic mass is 32.3. The number of likely N-dealkylation sites (tertiary alicyclic amines) is 1. The average molecular weight is 462 g/mol. The van der Waals surface area contributed by atoms with Gasteiger partial charge in [-0.05, 0) is 55.1 Å². The van der Waals surface area contributed by atoms with E-state index in [0.717, 1.165) is 40.9 Å². The van der Waals surface area contributed by atoms with Gasteiger partial charge in [0.15, 0.2) is 10.5 Å². The predicted molar refractivity (Wildman–Crippen MR) is 133 cm³/mol. The van der Waals surface area contributed by atoms with Gasteiger partial charge >= 0.3 is 0 Å². The van der Waals surface area contributed by atoms with Crippen LogP contribution in [0.4, 0.5) is 0 Å². The molecule has 3 heterocycles. The van der Waals surface area contributed by atoms with Gasteiger partial charge in [-0.25, -0.2) is 9.50 Å². The molecule has 1 fully saturated rings. The van der Waals surface area contributed by atoms with Crippen LogP contribution in [0.25, 0.3) is 27.9 Å². The number of rotatable bonds is 6. The van der Waals surface area contributed by atoms with E-state index in [4.69, 9.17) is 0 Å². The van der Waals surface area contributed by atoms with E-state index in [1.807, 2.05) is 18.5 Å². The number of benzene rings is 2. The van der Waals surface area contributed by atoms with E-state index in [1.54, 1.807) is 28.9 Å². The Kier molecular flexibility index (Phi) is 6.10. The molecule has 0 bridgehead atoms. The Bertz CT molecular complexity index is 1300. The SMILES string of the molecule is C[S+](=O)(O)c1cccc(-c2cnn3cc(-c4ccc(CCN5CCCCC5)cc4)cnc23)c1. The molecule has 1 aliphatic rings. The normalized spacial score (nSPS) is 16.7. The number of nitrogens with zero attached hydrogens (tertiary/aromatic N) is 4. The van der Waals surface area contributed by atoms with Crippen LogP contribution in [-0.2, 0) is 20.8 Å². The van der Waals surface area contributed by atoms with Gasteiger partial charge in [0.05, 0.1) is 6.20 Å². The monoisotopic (exact) mass is 461 g/mol. The van der Waals surface area contributed by atoms with Gasteiger partial charge in [0.1, 0.15) is 6.26 Å². The number of hydrogen-bond acceptors (Lipinski definition) is 4. The maximum Gasteiger partial charge on any atom is 0.244 e. The highest BCUT2D eigenvalue weighted by Gasteiger charge is 2.22. The van der Waals surface area contributed by atoms with Crippen molar-refractivity contribution in [3.05, 3.63) is 72.7 Å². The molecule has 6 nitrogen and oxygen atoms in total. The Morgan fingerprint density at radius 1 is 0.970 bits per heavy atom. The first-order chi connectivity index (χ1) is 16.0. The van der Waals surface area contributed by atoms with E-state index in [9.17, 15) is 8.76 Å². The fourth-order valence-corrected chi connectivity index (χ4v) is 5.14. The van der Waals surface area contributed by atoms with Gasteiger partial charge in [0, 0.05) is 36.1 Å². The Labute approximate surface area is 195 Å². The lowest BCUT2D eigenvalue weighted by Crippen LogP contribution is -2.31. The number of aromatic nitrogens is 3. The zero-order valence-electron chi connectivity index (χ0n) is 18.9. The minimum atomic E-state index is -3.03. The van der Waals surface area contributed by atoms with Gasteiger partial charge in [0.25, 0.3) is 0 Å². The number of piperidine rings is 1. The summed E-state index contributed by atoms with van der Waals surface area (Å²) in [5, 5.41) is 4.49. The molecular weight excluding hydrogens is 432 g/mol. The first kappa shape index (κ1) is 21.9. The van der Waals surface area contributed by atoms with Crippen LogP contribution >= 0.6 is 0 Å². The molecule has 1 saturated heterocycles. The van der Waals surface area contributed by atoms with Crippen molar-refractivity contribution in [2.45, 2.75) is 30.6 Å². The fraction of sp³-hybridized carbons (Fsp3) is 0.308. The predicted octanol–water partition coefficient (Wildman–Crippen LogP) is 5.05. The molecule has 0 amide bonds. The van der Waals surface area contributed by atoms with Gasteiger partial charge in [0.2, 0.25) is 10.2 Å². The second-order valence-electron chi connectivity index (χ2n) is 8.85. The summed E-state index contributed by atoms with van der Waals surface area (Å²) in [7, 11) is -3.03. The third-order valence-corrected chi connectivity index (χ3v) is 7.52. The summed E-state index contributed by atoms with van der Waals surface area (Å²) in [4.78, 5) is 7.63. The third-order valence-electron chi connectivity index (χ3n) is 6.39. The molecule has 0 saturated carbocycles. The molecule has 5 rings (SSSR count). The van der Waals surface area contributed by atoms with Gasteiger partial charge in [-0.15, -0.1) is 0 Å². The summed E-state index contributed by atoms with van der Waals surface area (Å²) in [5.74, 6) is 0. The maximum absolute atomic E-state index is 12.0. The lowest BCUT2D eigenvalue weighted by atomic mass is 10.0. The smallest absolute Gasteiger partial charge is 0.244 e. The van der Waals surface area contributed by atoms with Crippen LogP contribution in [0.2, 0.25) is 0 Å². The lowest BCUT2D eigenvalue weighted by molar-refractivity contribution is 0.231. The summed E-state index contributed by atoms with van der Waals surface area (Å²) in [5.41, 5.74) is 5.84. The topological polar surface area (TPSA) is 70.7 Å². The van der Waals surface area contributed by atoms with Crippen molar-refractivity contribution in [3.63, 3.8) is 0 Å². The summed E-state index contributed by atoms with van der Waals surface area (Å²) in [6.07, 6.45) is 12.0. The Hall–Kier alpha value is -2.87. The van der Waals surface area contributed by atoms with Crippen LogP contribution in [0.5, 0.6) is 0 Å². The molecule has 4 aromatic rings.